The first-order valence-electron chi connectivity index (χ1n) is 7.21. The second kappa shape index (κ2) is 8.61. The maximum atomic E-state index is 12.0. The Balaban J connectivity index is 1.81. The van der Waals surface area contributed by atoms with Crippen molar-refractivity contribution in [1.82, 2.24) is 5.32 Å². The molecule has 0 atom stereocenters. The van der Waals surface area contributed by atoms with Crippen molar-refractivity contribution in [3.63, 3.8) is 0 Å². The molecule has 0 aliphatic carbocycles. The van der Waals surface area contributed by atoms with E-state index < -0.39 is 0 Å². The number of aryl methyl sites for hydroxylation is 1. The van der Waals surface area contributed by atoms with E-state index in [4.69, 9.17) is 4.74 Å². The van der Waals surface area contributed by atoms with Crippen LogP contribution < -0.4 is 5.32 Å². The number of benzene rings is 2. The highest BCUT2D eigenvalue weighted by atomic mass is 32.2. The van der Waals surface area contributed by atoms with Gasteiger partial charge in [0, 0.05) is 18.6 Å². The van der Waals surface area contributed by atoms with Crippen LogP contribution in [0.15, 0.2) is 53.4 Å². The molecule has 0 aliphatic rings. The minimum Gasteiger partial charge on any atom is -0.380 e. The predicted octanol–water partition coefficient (Wildman–Crippen LogP) is 3.55. The zero-order valence-corrected chi connectivity index (χ0v) is 13.8. The van der Waals surface area contributed by atoms with Crippen molar-refractivity contribution in [1.29, 1.82) is 0 Å². The van der Waals surface area contributed by atoms with Gasteiger partial charge in [0.15, 0.2) is 0 Å². The van der Waals surface area contributed by atoms with Crippen LogP contribution in [0.1, 0.15) is 16.7 Å². The third kappa shape index (κ3) is 5.20. The number of hydrogen-bond donors (Lipinski definition) is 1. The fraction of sp³-hybridized carbons (Fsp3) is 0.278. The Morgan fingerprint density at radius 1 is 1.09 bits per heavy atom. The zero-order chi connectivity index (χ0) is 15.8. The molecule has 2 aromatic carbocycles. The van der Waals surface area contributed by atoms with Crippen molar-refractivity contribution in [2.45, 2.75) is 25.0 Å². The van der Waals surface area contributed by atoms with Crippen LogP contribution in [0.5, 0.6) is 0 Å². The van der Waals surface area contributed by atoms with Gasteiger partial charge in [0.25, 0.3) is 0 Å². The molecule has 4 heteroatoms. The number of nitrogens with one attached hydrogen (secondary N) is 1. The van der Waals surface area contributed by atoms with Gasteiger partial charge in [-0.05, 0) is 30.2 Å². The number of hydrogen-bond acceptors (Lipinski definition) is 3. The monoisotopic (exact) mass is 315 g/mol. The van der Waals surface area contributed by atoms with Gasteiger partial charge in [-0.2, -0.15) is 0 Å². The van der Waals surface area contributed by atoms with Crippen molar-refractivity contribution in [3.05, 3.63) is 65.2 Å². The fourth-order valence-electron chi connectivity index (χ4n) is 2.05. The molecule has 0 saturated carbocycles. The summed E-state index contributed by atoms with van der Waals surface area (Å²) in [5.74, 6) is 0.466. The lowest BCUT2D eigenvalue weighted by Crippen LogP contribution is -2.25. The van der Waals surface area contributed by atoms with E-state index in [1.165, 1.54) is 5.56 Å². The topological polar surface area (TPSA) is 38.3 Å². The maximum absolute atomic E-state index is 12.0. The Morgan fingerprint density at radius 3 is 2.45 bits per heavy atom. The highest BCUT2D eigenvalue weighted by molar-refractivity contribution is 8.00. The molecule has 2 rings (SSSR count). The molecule has 0 spiro atoms. The summed E-state index contributed by atoms with van der Waals surface area (Å²) in [5, 5.41) is 2.96. The molecular weight excluding hydrogens is 294 g/mol. The van der Waals surface area contributed by atoms with Crippen LogP contribution >= 0.6 is 11.8 Å². The highest BCUT2D eigenvalue weighted by Gasteiger charge is 2.05. The Labute approximate surface area is 136 Å². The summed E-state index contributed by atoms with van der Waals surface area (Å²) in [6, 6.07) is 16.2. The van der Waals surface area contributed by atoms with Gasteiger partial charge in [-0.1, -0.05) is 42.0 Å². The number of amides is 1. The SMILES string of the molecule is COCc1ccccc1CNC(=O)CSc1ccc(C)cc1. The average molecular weight is 315 g/mol. The van der Waals surface area contributed by atoms with E-state index in [9.17, 15) is 4.79 Å². The van der Waals surface area contributed by atoms with Crippen LogP contribution in [-0.2, 0) is 22.7 Å². The van der Waals surface area contributed by atoms with Gasteiger partial charge in [0.2, 0.25) is 5.91 Å². The Bertz CT molecular complexity index is 611. The van der Waals surface area contributed by atoms with Crippen LogP contribution in [0.25, 0.3) is 0 Å². The van der Waals surface area contributed by atoms with Crippen molar-refractivity contribution in [2.75, 3.05) is 12.9 Å². The van der Waals surface area contributed by atoms with E-state index in [-0.39, 0.29) is 5.91 Å². The third-order valence-electron chi connectivity index (χ3n) is 3.29. The summed E-state index contributed by atoms with van der Waals surface area (Å²) < 4.78 is 5.17. The Kier molecular flexibility index (Phi) is 6.49. The minimum absolute atomic E-state index is 0.0396. The molecule has 1 N–H and O–H groups in total. The van der Waals surface area contributed by atoms with E-state index in [0.717, 1.165) is 16.0 Å². The van der Waals surface area contributed by atoms with Crippen molar-refractivity contribution in [2.24, 2.45) is 0 Å². The van der Waals surface area contributed by atoms with Crippen LogP contribution in [-0.4, -0.2) is 18.8 Å². The van der Waals surface area contributed by atoms with E-state index in [0.29, 0.717) is 18.9 Å². The van der Waals surface area contributed by atoms with Gasteiger partial charge in [-0.25, -0.2) is 0 Å². The van der Waals surface area contributed by atoms with Gasteiger partial charge in [0.1, 0.15) is 0 Å². The highest BCUT2D eigenvalue weighted by Crippen LogP contribution is 2.18. The van der Waals surface area contributed by atoms with Crippen LogP contribution in [0.3, 0.4) is 0 Å². The normalized spacial score (nSPS) is 10.5. The first kappa shape index (κ1) is 16.6. The number of methoxy groups -OCH3 is 1. The molecule has 0 bridgehead atoms. The van der Waals surface area contributed by atoms with Crippen LogP contribution in [0, 0.1) is 6.92 Å². The van der Waals surface area contributed by atoms with Crippen LogP contribution in [0.2, 0.25) is 0 Å². The standard InChI is InChI=1S/C18H21NO2S/c1-14-7-9-17(10-8-14)22-13-18(20)19-11-15-5-3-4-6-16(15)12-21-2/h3-10H,11-13H2,1-2H3,(H,19,20). The smallest absolute Gasteiger partial charge is 0.230 e. The maximum Gasteiger partial charge on any atom is 0.230 e. The zero-order valence-electron chi connectivity index (χ0n) is 13.0. The van der Waals surface area contributed by atoms with Crippen LogP contribution in [0.4, 0.5) is 0 Å². The minimum atomic E-state index is 0.0396. The number of ether oxygens (including phenoxy) is 1. The van der Waals surface area contributed by atoms with E-state index in [1.54, 1.807) is 18.9 Å². The second-order valence-corrected chi connectivity index (χ2v) is 6.13. The molecule has 0 fully saturated rings. The van der Waals surface area contributed by atoms with Gasteiger partial charge in [0.05, 0.1) is 12.4 Å². The van der Waals surface area contributed by atoms with E-state index in [2.05, 4.69) is 24.4 Å². The summed E-state index contributed by atoms with van der Waals surface area (Å²) in [7, 11) is 1.67. The lowest BCUT2D eigenvalue weighted by molar-refractivity contribution is -0.118. The number of carbonyl (C=O) groups is 1. The second-order valence-electron chi connectivity index (χ2n) is 5.08. The summed E-state index contributed by atoms with van der Waals surface area (Å²) in [6.45, 7) is 3.15. The molecule has 0 aromatic heterocycles. The molecular formula is C18H21NO2S. The quantitative estimate of drug-likeness (QED) is 0.794. The van der Waals surface area contributed by atoms with Crippen molar-refractivity contribution >= 4 is 17.7 Å². The lowest BCUT2D eigenvalue weighted by Gasteiger charge is -2.10. The first-order chi connectivity index (χ1) is 10.7. The molecule has 0 unspecified atom stereocenters. The molecule has 3 nitrogen and oxygen atoms in total. The number of carbonyl (C=O) groups excluding carboxylic acids is 1. The molecule has 0 aliphatic heterocycles. The van der Waals surface area contributed by atoms with Crippen molar-refractivity contribution in [3.8, 4) is 0 Å². The van der Waals surface area contributed by atoms with Gasteiger partial charge < -0.3 is 10.1 Å². The molecule has 2 aromatic rings. The molecule has 0 heterocycles. The molecule has 0 radical (unpaired) electrons. The molecule has 116 valence electrons. The van der Waals surface area contributed by atoms with E-state index >= 15 is 0 Å². The van der Waals surface area contributed by atoms with Crippen molar-refractivity contribution < 1.29 is 9.53 Å². The largest absolute Gasteiger partial charge is 0.380 e. The number of rotatable bonds is 7. The molecule has 0 saturated heterocycles. The van der Waals surface area contributed by atoms with Gasteiger partial charge in [-0.15, -0.1) is 11.8 Å². The molecule has 22 heavy (non-hydrogen) atoms. The predicted molar refractivity (Wildman–Crippen MR) is 90.9 cm³/mol. The fourth-order valence-corrected chi connectivity index (χ4v) is 2.78. The number of thioether (sulfide) groups is 1. The Morgan fingerprint density at radius 2 is 1.77 bits per heavy atom. The lowest BCUT2D eigenvalue weighted by atomic mass is 10.1. The summed E-state index contributed by atoms with van der Waals surface area (Å²) in [5.41, 5.74) is 3.43. The summed E-state index contributed by atoms with van der Waals surface area (Å²) in [4.78, 5) is 13.1. The first-order valence-corrected chi connectivity index (χ1v) is 8.19. The Hall–Kier alpha value is -1.78. The van der Waals surface area contributed by atoms with E-state index in [1.807, 2.05) is 36.4 Å². The van der Waals surface area contributed by atoms with Gasteiger partial charge >= 0.3 is 0 Å². The summed E-state index contributed by atoms with van der Waals surface area (Å²) in [6.07, 6.45) is 0. The third-order valence-corrected chi connectivity index (χ3v) is 4.30. The summed E-state index contributed by atoms with van der Waals surface area (Å²) >= 11 is 1.55. The van der Waals surface area contributed by atoms with Gasteiger partial charge in [-0.3, -0.25) is 4.79 Å². The average Bonchev–Trinajstić information content (AvgIpc) is 2.54. The molecule has 1 amide bonds.